The van der Waals surface area contributed by atoms with Gasteiger partial charge in [-0.1, -0.05) is 6.08 Å². The second-order valence-electron chi connectivity index (χ2n) is 10.1. The summed E-state index contributed by atoms with van der Waals surface area (Å²) in [5.74, 6) is 0.0803. The molecule has 2 saturated heterocycles. The summed E-state index contributed by atoms with van der Waals surface area (Å²) in [5.41, 5.74) is 3.47. The van der Waals surface area contributed by atoms with Gasteiger partial charge < -0.3 is 35.1 Å². The molecule has 1 atom stereocenters. The first-order valence-corrected chi connectivity index (χ1v) is 13.0. The Morgan fingerprint density at radius 1 is 1.03 bits per heavy atom. The van der Waals surface area contributed by atoms with Crippen LogP contribution in [0.1, 0.15) is 18.4 Å². The molecule has 1 unspecified atom stereocenters. The minimum atomic E-state index is -0.711. The third kappa shape index (κ3) is 4.43. The Labute approximate surface area is 219 Å². The van der Waals surface area contributed by atoms with Crippen LogP contribution in [0.3, 0.4) is 0 Å². The normalized spacial score (nSPS) is 20.4. The van der Waals surface area contributed by atoms with E-state index in [4.69, 9.17) is 4.74 Å². The lowest BCUT2D eigenvalue weighted by molar-refractivity contribution is 0.160. The second kappa shape index (κ2) is 9.85. The fraction of sp³-hybridized carbons (Fsp3) is 0.393. The Morgan fingerprint density at radius 3 is 2.53 bits per heavy atom. The number of phenols is 1. The molecule has 6 rings (SSSR count). The summed E-state index contributed by atoms with van der Waals surface area (Å²) >= 11 is 0. The van der Waals surface area contributed by atoms with Gasteiger partial charge in [0.25, 0.3) is 0 Å². The number of aromatic hydroxyl groups is 1. The van der Waals surface area contributed by atoms with Gasteiger partial charge in [0.15, 0.2) is 0 Å². The lowest BCUT2D eigenvalue weighted by Crippen LogP contribution is -2.53. The molecule has 0 radical (unpaired) electrons. The number of nitrogens with one attached hydrogen (secondary N) is 2. The van der Waals surface area contributed by atoms with Crippen molar-refractivity contribution >= 4 is 34.0 Å². The third-order valence-corrected chi connectivity index (χ3v) is 7.98. The molecule has 3 aromatic rings. The molecule has 4 N–H and O–H groups in total. The number of aliphatic hydroxyl groups is 1. The van der Waals surface area contributed by atoms with Crippen LogP contribution in [-0.2, 0) is 0 Å². The molecule has 10 heteroatoms. The molecule has 0 bridgehead atoms. The van der Waals surface area contributed by atoms with E-state index in [0.29, 0.717) is 35.7 Å². The Kier molecular flexibility index (Phi) is 6.37. The quantitative estimate of drug-likeness (QED) is 0.416. The number of ether oxygens (including phenoxy) is 1. The number of fused-ring (bicyclic) bond motifs is 2. The molecule has 0 amide bonds. The van der Waals surface area contributed by atoms with E-state index in [9.17, 15) is 19.4 Å². The van der Waals surface area contributed by atoms with Crippen LogP contribution in [0.4, 0.5) is 21.5 Å². The minimum absolute atomic E-state index is 0.154. The number of aliphatic hydroxyl groups excluding tert-OH is 1. The average molecular weight is 522 g/mol. The molecular weight excluding hydrogens is 489 g/mol. The number of benzene rings is 2. The standard InChI is InChI=1S/C28H32FN5O4/c1-38-19-14-17-2-4-24(36)30-26(17)22(15-19)33-12-10-32(11-13-33)18-6-8-34(9-7-18)28-23(35)16-21(29)20-3-5-25(37)31-27(20)28/h2-5,14-16,18,24,30,35-36H,6-13H2,1H3,(H,31,37). The number of hydrogen-bond acceptors (Lipinski definition) is 8. The van der Waals surface area contributed by atoms with E-state index in [-0.39, 0.29) is 11.3 Å². The maximum absolute atomic E-state index is 14.4. The molecule has 200 valence electrons. The second-order valence-corrected chi connectivity index (χ2v) is 10.1. The molecule has 0 spiro atoms. The number of halogens is 1. The monoisotopic (exact) mass is 521 g/mol. The summed E-state index contributed by atoms with van der Waals surface area (Å²) in [6, 6.07) is 8.29. The number of methoxy groups -OCH3 is 1. The zero-order chi connectivity index (χ0) is 26.4. The average Bonchev–Trinajstić information content (AvgIpc) is 2.93. The van der Waals surface area contributed by atoms with E-state index in [1.165, 1.54) is 12.1 Å². The summed E-state index contributed by atoms with van der Waals surface area (Å²) in [4.78, 5) is 21.6. The fourth-order valence-electron chi connectivity index (χ4n) is 6.03. The highest BCUT2D eigenvalue weighted by Gasteiger charge is 2.31. The van der Waals surface area contributed by atoms with Crippen LogP contribution in [0.25, 0.3) is 17.0 Å². The van der Waals surface area contributed by atoms with Gasteiger partial charge in [0.05, 0.1) is 24.0 Å². The number of phenolic OH excluding ortho intramolecular Hbond substituents is 1. The molecule has 0 saturated carbocycles. The Morgan fingerprint density at radius 2 is 1.79 bits per heavy atom. The van der Waals surface area contributed by atoms with Gasteiger partial charge in [-0.2, -0.15) is 0 Å². The Bertz CT molecular complexity index is 1440. The summed E-state index contributed by atoms with van der Waals surface area (Å²) in [6.07, 6.45) is 4.74. The van der Waals surface area contributed by atoms with E-state index in [1.54, 1.807) is 13.2 Å². The number of anilines is 3. The molecule has 2 aromatic carbocycles. The third-order valence-electron chi connectivity index (χ3n) is 7.98. The summed E-state index contributed by atoms with van der Waals surface area (Å²) in [6.45, 7) is 4.93. The zero-order valence-electron chi connectivity index (χ0n) is 21.3. The van der Waals surface area contributed by atoms with Gasteiger partial charge in [-0.3, -0.25) is 9.69 Å². The van der Waals surface area contributed by atoms with Gasteiger partial charge in [-0.15, -0.1) is 0 Å². The number of aromatic nitrogens is 1. The minimum Gasteiger partial charge on any atom is -0.506 e. The van der Waals surface area contributed by atoms with Crippen LogP contribution in [0.5, 0.6) is 11.5 Å². The first kappa shape index (κ1) is 24.6. The number of H-pyrrole nitrogens is 1. The van der Waals surface area contributed by atoms with Crippen LogP contribution in [0.2, 0.25) is 0 Å². The van der Waals surface area contributed by atoms with Crippen molar-refractivity contribution in [2.75, 3.05) is 61.5 Å². The molecule has 0 aliphatic carbocycles. The van der Waals surface area contributed by atoms with Crippen LogP contribution in [0.15, 0.2) is 41.2 Å². The highest BCUT2D eigenvalue weighted by atomic mass is 19.1. The van der Waals surface area contributed by atoms with Crippen molar-refractivity contribution in [1.29, 1.82) is 0 Å². The number of piperidine rings is 1. The summed E-state index contributed by atoms with van der Waals surface area (Å²) in [7, 11) is 1.66. The van der Waals surface area contributed by atoms with Gasteiger partial charge in [0.1, 0.15) is 29.2 Å². The van der Waals surface area contributed by atoms with Crippen molar-refractivity contribution in [1.82, 2.24) is 9.88 Å². The van der Waals surface area contributed by atoms with Gasteiger partial charge in [0, 0.05) is 74.5 Å². The highest BCUT2D eigenvalue weighted by molar-refractivity contribution is 5.94. The molecule has 3 aliphatic rings. The lowest BCUT2D eigenvalue weighted by atomic mass is 10.00. The lowest BCUT2D eigenvalue weighted by Gasteiger charge is -2.44. The number of rotatable bonds is 4. The van der Waals surface area contributed by atoms with Crippen molar-refractivity contribution in [2.24, 2.45) is 0 Å². The molecule has 9 nitrogen and oxygen atoms in total. The number of aromatic amines is 1. The van der Waals surface area contributed by atoms with E-state index >= 15 is 0 Å². The van der Waals surface area contributed by atoms with Crippen molar-refractivity contribution in [3.8, 4) is 11.5 Å². The number of pyridine rings is 1. The van der Waals surface area contributed by atoms with E-state index < -0.39 is 12.0 Å². The predicted octanol–water partition coefficient (Wildman–Crippen LogP) is 2.93. The van der Waals surface area contributed by atoms with Crippen LogP contribution in [-0.4, -0.2) is 78.7 Å². The molecule has 4 heterocycles. The van der Waals surface area contributed by atoms with Crippen molar-refractivity contribution in [3.63, 3.8) is 0 Å². The van der Waals surface area contributed by atoms with Crippen molar-refractivity contribution < 1.29 is 19.3 Å². The Balaban J connectivity index is 1.14. The van der Waals surface area contributed by atoms with Crippen LogP contribution >= 0.6 is 0 Å². The smallest absolute Gasteiger partial charge is 0.248 e. The van der Waals surface area contributed by atoms with Crippen LogP contribution < -0.4 is 25.4 Å². The summed E-state index contributed by atoms with van der Waals surface area (Å²) < 4.78 is 19.9. The molecular formula is C28H32FN5O4. The van der Waals surface area contributed by atoms with Gasteiger partial charge >= 0.3 is 0 Å². The molecule has 2 fully saturated rings. The predicted molar refractivity (Wildman–Crippen MR) is 147 cm³/mol. The Hall–Kier alpha value is -3.76. The van der Waals surface area contributed by atoms with E-state index in [2.05, 4.69) is 20.1 Å². The number of piperazine rings is 1. The van der Waals surface area contributed by atoms with E-state index in [1.807, 2.05) is 23.1 Å². The maximum Gasteiger partial charge on any atom is 0.248 e. The summed E-state index contributed by atoms with van der Waals surface area (Å²) in [5, 5.41) is 24.2. The molecule has 1 aromatic heterocycles. The van der Waals surface area contributed by atoms with Gasteiger partial charge in [-0.25, -0.2) is 4.39 Å². The maximum atomic E-state index is 14.4. The number of nitrogens with zero attached hydrogens (tertiary/aromatic N) is 3. The molecule has 3 aliphatic heterocycles. The topological polar surface area (TPSA) is 104 Å². The zero-order valence-corrected chi connectivity index (χ0v) is 21.3. The van der Waals surface area contributed by atoms with Crippen molar-refractivity contribution in [3.05, 3.63) is 58.1 Å². The molecule has 38 heavy (non-hydrogen) atoms. The number of hydrogen-bond donors (Lipinski definition) is 4. The highest BCUT2D eigenvalue weighted by Crippen LogP contribution is 2.39. The SMILES string of the molecule is COc1cc2c(c(N3CCN(C4CCN(c5c(O)cc(F)c6ccc(=O)[nH]c56)CC4)CC3)c1)NC(O)C=C2. The largest absolute Gasteiger partial charge is 0.506 e. The van der Waals surface area contributed by atoms with E-state index in [0.717, 1.165) is 67.8 Å². The first-order valence-electron chi connectivity index (χ1n) is 13.0. The van der Waals surface area contributed by atoms with Crippen LogP contribution in [0, 0.1) is 5.82 Å². The first-order chi connectivity index (χ1) is 18.4. The van der Waals surface area contributed by atoms with Gasteiger partial charge in [-0.05, 0) is 31.1 Å². The fourth-order valence-corrected chi connectivity index (χ4v) is 6.03. The van der Waals surface area contributed by atoms with Gasteiger partial charge in [0.2, 0.25) is 5.56 Å². The van der Waals surface area contributed by atoms with Crippen molar-refractivity contribution in [2.45, 2.75) is 25.1 Å².